The molecule has 10 heavy (non-hydrogen) atoms. The zero-order valence-electron chi connectivity index (χ0n) is 6.93. The van der Waals surface area contributed by atoms with Crippen molar-refractivity contribution in [3.8, 4) is 0 Å². The third-order valence-electron chi connectivity index (χ3n) is 4.72. The first kappa shape index (κ1) is 5.62. The molecule has 2 atom stereocenters. The third-order valence-corrected chi connectivity index (χ3v) is 4.72. The first-order valence-corrected chi connectivity index (χ1v) is 4.74. The highest BCUT2D eigenvalue weighted by molar-refractivity contribution is 5.20. The first-order valence-electron chi connectivity index (χ1n) is 4.74. The summed E-state index contributed by atoms with van der Waals surface area (Å²) in [4.78, 5) is 0. The van der Waals surface area contributed by atoms with Crippen LogP contribution in [0.25, 0.3) is 0 Å². The maximum Gasteiger partial charge on any atom is -0.0235 e. The van der Waals surface area contributed by atoms with Crippen LogP contribution in [0.3, 0.4) is 0 Å². The van der Waals surface area contributed by atoms with E-state index in [-0.39, 0.29) is 0 Å². The minimum Gasteiger partial charge on any atom is -0.0622 e. The highest BCUT2D eigenvalue weighted by atomic mass is 14.8. The maximum atomic E-state index is 2.42. The molecule has 3 fully saturated rings. The van der Waals surface area contributed by atoms with Gasteiger partial charge in [-0.1, -0.05) is 13.8 Å². The van der Waals surface area contributed by atoms with Crippen molar-refractivity contribution in [2.45, 2.75) is 33.1 Å². The van der Waals surface area contributed by atoms with Crippen molar-refractivity contribution in [3.05, 3.63) is 0 Å². The second kappa shape index (κ2) is 1.31. The zero-order chi connectivity index (χ0) is 6.93. The van der Waals surface area contributed by atoms with E-state index in [1.165, 1.54) is 17.8 Å². The largest absolute Gasteiger partial charge is 0.0622 e. The van der Waals surface area contributed by atoms with E-state index in [2.05, 4.69) is 13.8 Å². The Bertz CT molecular complexity index is 168. The normalized spacial score (nSPS) is 62.1. The Hall–Kier alpha value is 0. The first-order chi connectivity index (χ1) is 4.74. The highest BCUT2D eigenvalue weighted by Gasteiger charge is 2.71. The molecule has 56 valence electrons. The molecule has 3 aliphatic rings. The van der Waals surface area contributed by atoms with Gasteiger partial charge in [-0.05, 0) is 48.3 Å². The summed E-state index contributed by atoms with van der Waals surface area (Å²) < 4.78 is 0. The standard InChI is InChI=1S/C10H16/c1-6(2)10-4-7-3-8(5-10)9(7)10/h6-9H,3-5H2,1-2H3. The van der Waals surface area contributed by atoms with Gasteiger partial charge in [0.2, 0.25) is 0 Å². The molecule has 0 nitrogen and oxygen atoms in total. The second-order valence-corrected chi connectivity index (χ2v) is 5.08. The fourth-order valence-electron chi connectivity index (χ4n) is 4.10. The molecule has 2 unspecified atom stereocenters. The van der Waals surface area contributed by atoms with E-state index in [4.69, 9.17) is 0 Å². The van der Waals surface area contributed by atoms with Crippen molar-refractivity contribution in [1.82, 2.24) is 0 Å². The molecule has 0 spiro atoms. The smallest absolute Gasteiger partial charge is 0.0235 e. The average molecular weight is 136 g/mol. The summed E-state index contributed by atoms with van der Waals surface area (Å²) in [6, 6.07) is 0. The quantitative estimate of drug-likeness (QED) is 0.520. The van der Waals surface area contributed by atoms with Gasteiger partial charge in [0.1, 0.15) is 0 Å². The van der Waals surface area contributed by atoms with E-state index in [1.807, 2.05) is 0 Å². The van der Waals surface area contributed by atoms with Crippen molar-refractivity contribution < 1.29 is 0 Å². The van der Waals surface area contributed by atoms with Crippen molar-refractivity contribution >= 4 is 0 Å². The van der Waals surface area contributed by atoms with Gasteiger partial charge in [-0.15, -0.1) is 0 Å². The number of rotatable bonds is 1. The van der Waals surface area contributed by atoms with E-state index in [9.17, 15) is 0 Å². The van der Waals surface area contributed by atoms with Gasteiger partial charge in [0.25, 0.3) is 0 Å². The monoisotopic (exact) mass is 136 g/mol. The van der Waals surface area contributed by atoms with Gasteiger partial charge < -0.3 is 0 Å². The lowest BCUT2D eigenvalue weighted by Gasteiger charge is -2.78. The molecule has 0 heterocycles. The summed E-state index contributed by atoms with van der Waals surface area (Å²) in [6.45, 7) is 4.84. The highest BCUT2D eigenvalue weighted by Crippen LogP contribution is 2.79. The molecular formula is C10H16. The van der Waals surface area contributed by atoms with Crippen molar-refractivity contribution in [1.29, 1.82) is 0 Å². The molecule has 0 heteroatoms. The predicted octanol–water partition coefficient (Wildman–Crippen LogP) is 2.69. The lowest BCUT2D eigenvalue weighted by Crippen LogP contribution is -2.70. The second-order valence-electron chi connectivity index (χ2n) is 5.08. The molecule has 3 rings (SSSR count). The fourth-order valence-corrected chi connectivity index (χ4v) is 4.10. The molecule has 0 aromatic carbocycles. The van der Waals surface area contributed by atoms with Crippen LogP contribution in [0.5, 0.6) is 0 Å². The average Bonchev–Trinajstić information content (AvgIpc) is 1.86. The zero-order valence-corrected chi connectivity index (χ0v) is 6.93. The van der Waals surface area contributed by atoms with E-state index in [0.29, 0.717) is 0 Å². The Balaban J connectivity index is 1.87. The molecule has 3 aliphatic carbocycles. The summed E-state index contributed by atoms with van der Waals surface area (Å²) in [6.07, 6.45) is 4.77. The molecule has 0 aliphatic heterocycles. The minimum atomic E-state index is 0.883. The van der Waals surface area contributed by atoms with Crippen LogP contribution in [0.1, 0.15) is 33.1 Å². The Kier molecular flexibility index (Phi) is 0.735. The maximum absolute atomic E-state index is 2.42. The van der Waals surface area contributed by atoms with E-state index < -0.39 is 0 Å². The SMILES string of the molecule is CC(C)C12CC3CC(C1)C32. The molecule has 0 bridgehead atoms. The lowest BCUT2D eigenvalue weighted by molar-refractivity contribution is -0.290. The van der Waals surface area contributed by atoms with Crippen molar-refractivity contribution in [2.75, 3.05) is 0 Å². The lowest BCUT2D eigenvalue weighted by atomic mass is 9.27. The molecule has 3 saturated carbocycles. The Morgan fingerprint density at radius 1 is 1.20 bits per heavy atom. The van der Waals surface area contributed by atoms with Crippen molar-refractivity contribution in [2.24, 2.45) is 29.1 Å². The van der Waals surface area contributed by atoms with Gasteiger partial charge in [0.05, 0.1) is 0 Å². The minimum absolute atomic E-state index is 0.883. The van der Waals surface area contributed by atoms with Crippen LogP contribution in [0, 0.1) is 29.1 Å². The van der Waals surface area contributed by atoms with Crippen LogP contribution in [0.2, 0.25) is 0 Å². The van der Waals surface area contributed by atoms with E-state index in [1.54, 1.807) is 19.3 Å². The van der Waals surface area contributed by atoms with Gasteiger partial charge in [-0.3, -0.25) is 0 Å². The van der Waals surface area contributed by atoms with E-state index >= 15 is 0 Å². The van der Waals surface area contributed by atoms with E-state index in [0.717, 1.165) is 11.3 Å². The molecule has 0 aromatic heterocycles. The fraction of sp³-hybridized carbons (Fsp3) is 1.00. The summed E-state index contributed by atoms with van der Waals surface area (Å²) in [5.74, 6) is 4.58. The van der Waals surface area contributed by atoms with Crippen molar-refractivity contribution in [3.63, 3.8) is 0 Å². The Morgan fingerprint density at radius 2 is 1.80 bits per heavy atom. The van der Waals surface area contributed by atoms with Gasteiger partial charge in [0.15, 0.2) is 0 Å². The number of hydrogen-bond donors (Lipinski definition) is 0. The van der Waals surface area contributed by atoms with Crippen LogP contribution >= 0.6 is 0 Å². The summed E-state index contributed by atoms with van der Waals surface area (Å²) >= 11 is 0. The molecule has 0 aromatic rings. The number of hydrogen-bond acceptors (Lipinski definition) is 0. The van der Waals surface area contributed by atoms with Gasteiger partial charge in [0, 0.05) is 0 Å². The molecule has 0 N–H and O–H groups in total. The Morgan fingerprint density at radius 3 is 2.00 bits per heavy atom. The summed E-state index contributed by atoms with van der Waals surface area (Å²) in [5.41, 5.74) is 0.883. The van der Waals surface area contributed by atoms with Gasteiger partial charge >= 0.3 is 0 Å². The van der Waals surface area contributed by atoms with Crippen LogP contribution in [0.15, 0.2) is 0 Å². The Labute approximate surface area is 63.0 Å². The predicted molar refractivity (Wildman–Crippen MR) is 41.6 cm³/mol. The molecular weight excluding hydrogens is 120 g/mol. The third kappa shape index (κ3) is 0.339. The topological polar surface area (TPSA) is 0 Å². The molecule has 0 radical (unpaired) electrons. The van der Waals surface area contributed by atoms with Gasteiger partial charge in [-0.25, -0.2) is 0 Å². The van der Waals surface area contributed by atoms with Crippen LogP contribution in [-0.4, -0.2) is 0 Å². The summed E-state index contributed by atoms with van der Waals surface area (Å²) in [7, 11) is 0. The summed E-state index contributed by atoms with van der Waals surface area (Å²) in [5, 5.41) is 0. The van der Waals surface area contributed by atoms with Crippen LogP contribution < -0.4 is 0 Å². The van der Waals surface area contributed by atoms with Gasteiger partial charge in [-0.2, -0.15) is 0 Å². The van der Waals surface area contributed by atoms with Crippen LogP contribution in [-0.2, 0) is 0 Å². The van der Waals surface area contributed by atoms with Crippen LogP contribution in [0.4, 0.5) is 0 Å². The molecule has 0 amide bonds. The molecule has 0 saturated heterocycles.